The summed E-state index contributed by atoms with van der Waals surface area (Å²) in [5, 5.41) is 4.13. The number of nitrogens with zero attached hydrogens (tertiary/aromatic N) is 5. The standard InChI is InChI=1S/C23H25N5O2/c1-17(19-9-11-21(12-10-19)28-16-24-15-25-28)26(2)23(30)20-7-5-18(6-8-20)14-27-13-3-4-22(27)29/h5-12,15-17H,3-4,13-14H2,1-2H3/t17-/m0/s1. The van der Waals surface area contributed by atoms with Gasteiger partial charge in [0, 0.05) is 32.1 Å². The minimum Gasteiger partial charge on any atom is -0.338 e. The summed E-state index contributed by atoms with van der Waals surface area (Å²) in [6, 6.07) is 15.4. The van der Waals surface area contributed by atoms with Crippen molar-refractivity contribution in [1.82, 2.24) is 24.6 Å². The smallest absolute Gasteiger partial charge is 0.254 e. The first-order chi connectivity index (χ1) is 14.5. The molecule has 2 aromatic carbocycles. The molecular weight excluding hydrogens is 378 g/mol. The van der Waals surface area contributed by atoms with E-state index in [9.17, 15) is 9.59 Å². The van der Waals surface area contributed by atoms with Gasteiger partial charge in [-0.2, -0.15) is 5.10 Å². The zero-order valence-corrected chi connectivity index (χ0v) is 17.2. The average molecular weight is 403 g/mol. The number of benzene rings is 2. The molecule has 154 valence electrons. The summed E-state index contributed by atoms with van der Waals surface area (Å²) < 4.78 is 1.70. The van der Waals surface area contributed by atoms with Crippen molar-refractivity contribution in [2.45, 2.75) is 32.4 Å². The van der Waals surface area contributed by atoms with E-state index in [2.05, 4.69) is 10.1 Å². The second-order valence-corrected chi connectivity index (χ2v) is 7.64. The molecule has 0 spiro atoms. The van der Waals surface area contributed by atoms with Gasteiger partial charge in [0.15, 0.2) is 0 Å². The quantitative estimate of drug-likeness (QED) is 0.634. The van der Waals surface area contributed by atoms with Gasteiger partial charge >= 0.3 is 0 Å². The topological polar surface area (TPSA) is 71.3 Å². The van der Waals surface area contributed by atoms with Gasteiger partial charge in [-0.3, -0.25) is 9.59 Å². The van der Waals surface area contributed by atoms with E-state index in [1.165, 1.54) is 6.33 Å². The van der Waals surface area contributed by atoms with Crippen molar-refractivity contribution in [3.63, 3.8) is 0 Å². The summed E-state index contributed by atoms with van der Waals surface area (Å²) in [5.74, 6) is 0.171. The molecular formula is C23H25N5O2. The zero-order valence-electron chi connectivity index (χ0n) is 17.2. The van der Waals surface area contributed by atoms with Crippen molar-refractivity contribution in [3.8, 4) is 5.69 Å². The summed E-state index contributed by atoms with van der Waals surface area (Å²) in [7, 11) is 1.81. The molecule has 7 heteroatoms. The van der Waals surface area contributed by atoms with Crippen LogP contribution in [0.25, 0.3) is 5.69 Å². The highest BCUT2D eigenvalue weighted by molar-refractivity contribution is 5.94. The fourth-order valence-corrected chi connectivity index (χ4v) is 3.69. The number of amides is 2. The lowest BCUT2D eigenvalue weighted by atomic mass is 10.0. The molecule has 7 nitrogen and oxygen atoms in total. The van der Waals surface area contributed by atoms with E-state index in [-0.39, 0.29) is 17.9 Å². The van der Waals surface area contributed by atoms with Gasteiger partial charge in [-0.25, -0.2) is 9.67 Å². The summed E-state index contributed by atoms with van der Waals surface area (Å²) >= 11 is 0. The third kappa shape index (κ3) is 4.10. The lowest BCUT2D eigenvalue weighted by Gasteiger charge is -2.26. The van der Waals surface area contributed by atoms with Crippen LogP contribution in [0.15, 0.2) is 61.2 Å². The van der Waals surface area contributed by atoms with E-state index < -0.39 is 0 Å². The maximum absolute atomic E-state index is 13.0. The Balaban J connectivity index is 1.41. The van der Waals surface area contributed by atoms with Crippen LogP contribution in [0.4, 0.5) is 0 Å². The molecule has 2 amide bonds. The van der Waals surface area contributed by atoms with E-state index >= 15 is 0 Å². The van der Waals surface area contributed by atoms with Gasteiger partial charge in [0.05, 0.1) is 11.7 Å². The first-order valence-electron chi connectivity index (χ1n) is 10.1. The van der Waals surface area contributed by atoms with Crippen molar-refractivity contribution in [2.75, 3.05) is 13.6 Å². The van der Waals surface area contributed by atoms with Crippen molar-refractivity contribution in [2.24, 2.45) is 0 Å². The van der Waals surface area contributed by atoms with Crippen LogP contribution in [0, 0.1) is 0 Å². The van der Waals surface area contributed by atoms with Crippen LogP contribution in [0.5, 0.6) is 0 Å². The van der Waals surface area contributed by atoms with Crippen LogP contribution in [-0.2, 0) is 11.3 Å². The van der Waals surface area contributed by atoms with E-state index in [1.54, 1.807) is 15.9 Å². The summed E-state index contributed by atoms with van der Waals surface area (Å²) in [6.45, 7) is 3.43. The Bertz CT molecular complexity index is 1010. The van der Waals surface area contributed by atoms with Crippen LogP contribution in [0.1, 0.15) is 47.3 Å². The third-order valence-corrected chi connectivity index (χ3v) is 5.71. The molecule has 30 heavy (non-hydrogen) atoms. The molecule has 1 aliphatic rings. The monoisotopic (exact) mass is 403 g/mol. The van der Waals surface area contributed by atoms with Crippen molar-refractivity contribution in [1.29, 1.82) is 0 Å². The van der Waals surface area contributed by atoms with Gasteiger partial charge in [0.25, 0.3) is 5.91 Å². The molecule has 0 bridgehead atoms. The van der Waals surface area contributed by atoms with Crippen LogP contribution >= 0.6 is 0 Å². The molecule has 2 heterocycles. The lowest BCUT2D eigenvalue weighted by Crippen LogP contribution is -2.29. The number of carbonyl (C=O) groups is 2. The molecule has 0 aliphatic carbocycles. The van der Waals surface area contributed by atoms with Gasteiger partial charge in [0.1, 0.15) is 12.7 Å². The minimum absolute atomic E-state index is 0.0355. The molecule has 1 aliphatic heterocycles. The van der Waals surface area contributed by atoms with Crippen molar-refractivity contribution >= 4 is 11.8 Å². The van der Waals surface area contributed by atoms with Gasteiger partial charge in [-0.1, -0.05) is 24.3 Å². The predicted octanol–water partition coefficient (Wildman–Crippen LogP) is 3.22. The van der Waals surface area contributed by atoms with Crippen LogP contribution in [0.2, 0.25) is 0 Å². The first kappa shape index (κ1) is 19.8. The Morgan fingerprint density at radius 1 is 1.13 bits per heavy atom. The molecule has 1 fully saturated rings. The Morgan fingerprint density at radius 3 is 2.47 bits per heavy atom. The highest BCUT2D eigenvalue weighted by Gasteiger charge is 2.21. The molecule has 1 saturated heterocycles. The van der Waals surface area contributed by atoms with Crippen molar-refractivity contribution in [3.05, 3.63) is 77.9 Å². The van der Waals surface area contributed by atoms with Gasteiger partial charge in [-0.05, 0) is 48.7 Å². The average Bonchev–Trinajstić information content (AvgIpc) is 3.45. The Hall–Kier alpha value is -3.48. The van der Waals surface area contributed by atoms with Crippen LogP contribution in [-0.4, -0.2) is 50.0 Å². The van der Waals surface area contributed by atoms with Crippen LogP contribution in [0.3, 0.4) is 0 Å². The Kier molecular flexibility index (Phi) is 5.61. The summed E-state index contributed by atoms with van der Waals surface area (Å²) in [6.07, 6.45) is 4.71. The fraction of sp³-hybridized carbons (Fsp3) is 0.304. The van der Waals surface area contributed by atoms with Gasteiger partial charge < -0.3 is 9.80 Å². The highest BCUT2D eigenvalue weighted by Crippen LogP contribution is 2.22. The van der Waals surface area contributed by atoms with Gasteiger partial charge in [-0.15, -0.1) is 0 Å². The number of likely N-dealkylation sites (tertiary alicyclic amines) is 1. The van der Waals surface area contributed by atoms with Crippen LogP contribution < -0.4 is 0 Å². The maximum Gasteiger partial charge on any atom is 0.254 e. The largest absolute Gasteiger partial charge is 0.338 e. The second kappa shape index (κ2) is 8.49. The highest BCUT2D eigenvalue weighted by atomic mass is 16.2. The molecule has 0 unspecified atom stereocenters. The molecule has 4 rings (SSSR count). The lowest BCUT2D eigenvalue weighted by molar-refractivity contribution is -0.128. The number of hydrogen-bond acceptors (Lipinski definition) is 4. The van der Waals surface area contributed by atoms with Crippen molar-refractivity contribution < 1.29 is 9.59 Å². The van der Waals surface area contributed by atoms with E-state index in [1.807, 2.05) is 67.4 Å². The fourth-order valence-electron chi connectivity index (χ4n) is 3.69. The predicted molar refractivity (Wildman–Crippen MR) is 113 cm³/mol. The normalized spacial score (nSPS) is 14.7. The third-order valence-electron chi connectivity index (χ3n) is 5.71. The van der Waals surface area contributed by atoms with E-state index in [4.69, 9.17) is 0 Å². The second-order valence-electron chi connectivity index (χ2n) is 7.64. The molecule has 0 saturated carbocycles. The molecule has 1 aromatic heterocycles. The summed E-state index contributed by atoms with van der Waals surface area (Å²) in [4.78, 5) is 32.3. The van der Waals surface area contributed by atoms with E-state index in [0.717, 1.165) is 29.8 Å². The molecule has 3 aromatic rings. The van der Waals surface area contributed by atoms with Gasteiger partial charge in [0.2, 0.25) is 5.91 Å². The SMILES string of the molecule is C[C@@H](c1ccc(-n2cncn2)cc1)N(C)C(=O)c1ccc(CN2CCCC2=O)cc1. The van der Waals surface area contributed by atoms with E-state index in [0.29, 0.717) is 18.5 Å². The first-order valence-corrected chi connectivity index (χ1v) is 10.1. The molecule has 0 radical (unpaired) electrons. The minimum atomic E-state index is -0.0794. The Labute approximate surface area is 175 Å². The number of carbonyl (C=O) groups excluding carboxylic acids is 2. The number of aromatic nitrogens is 3. The Morgan fingerprint density at radius 2 is 1.87 bits per heavy atom. The molecule has 0 N–H and O–H groups in total. The zero-order chi connectivity index (χ0) is 21.1. The maximum atomic E-state index is 13.0. The molecule has 1 atom stereocenters. The number of rotatable bonds is 6. The summed E-state index contributed by atoms with van der Waals surface area (Å²) in [5.41, 5.74) is 3.64. The number of hydrogen-bond donors (Lipinski definition) is 0.